The number of amides is 1. The Labute approximate surface area is 132 Å². The average Bonchev–Trinajstić information content (AvgIpc) is 2.44. The summed E-state index contributed by atoms with van der Waals surface area (Å²) in [5.74, 6) is -0.334. The second kappa shape index (κ2) is 7.31. The first-order valence-electron chi connectivity index (χ1n) is 6.22. The second-order valence-electron chi connectivity index (χ2n) is 4.39. The maximum absolute atomic E-state index is 11.8. The smallest absolute Gasteiger partial charge is 0.250 e. The molecule has 6 heteroatoms. The van der Waals surface area contributed by atoms with Crippen LogP contribution in [0.5, 0.6) is 0 Å². The van der Waals surface area contributed by atoms with Crippen molar-refractivity contribution in [2.75, 3.05) is 17.7 Å². The Morgan fingerprint density at radius 1 is 1.14 bits per heavy atom. The molecule has 0 aliphatic carbocycles. The predicted molar refractivity (Wildman–Crippen MR) is 85.6 cm³/mol. The molecule has 0 saturated heterocycles. The van der Waals surface area contributed by atoms with Crippen molar-refractivity contribution in [3.05, 3.63) is 58.1 Å². The van der Waals surface area contributed by atoms with Gasteiger partial charge in [-0.3, -0.25) is 4.79 Å². The van der Waals surface area contributed by atoms with Crippen molar-refractivity contribution in [3.63, 3.8) is 0 Å². The Morgan fingerprint density at radius 3 is 2.38 bits per heavy atom. The summed E-state index contributed by atoms with van der Waals surface area (Å²) in [6, 6.07) is 12.6. The van der Waals surface area contributed by atoms with Crippen molar-refractivity contribution in [3.8, 4) is 0 Å². The summed E-state index contributed by atoms with van der Waals surface area (Å²) in [6.07, 6.45) is 0. The highest BCUT2D eigenvalue weighted by Gasteiger charge is 2.11. The summed E-state index contributed by atoms with van der Waals surface area (Å²) < 4.78 is 5.33. The molecule has 0 aliphatic heterocycles. The number of hydrogen-bond donors (Lipinski definition) is 2. The number of benzene rings is 2. The molecule has 110 valence electrons. The van der Waals surface area contributed by atoms with Gasteiger partial charge in [0.05, 0.1) is 22.3 Å². The molecule has 0 bridgehead atoms. The van der Waals surface area contributed by atoms with E-state index < -0.39 is 0 Å². The lowest BCUT2D eigenvalue weighted by molar-refractivity contribution is -0.121. The molecule has 0 unspecified atom stereocenters. The van der Waals surface area contributed by atoms with E-state index in [0.29, 0.717) is 18.0 Å². The highest BCUT2D eigenvalue weighted by molar-refractivity contribution is 6.40. The second-order valence-corrected chi connectivity index (χ2v) is 5.20. The van der Waals surface area contributed by atoms with Gasteiger partial charge in [-0.05, 0) is 17.7 Å². The third kappa shape index (κ3) is 4.63. The van der Waals surface area contributed by atoms with Gasteiger partial charge in [-0.15, -0.1) is 0 Å². The summed E-state index contributed by atoms with van der Waals surface area (Å²) in [5, 5.41) is 3.19. The molecule has 2 rings (SSSR count). The first-order valence-corrected chi connectivity index (χ1v) is 6.98. The van der Waals surface area contributed by atoms with Gasteiger partial charge in [0.2, 0.25) is 5.91 Å². The molecule has 2 aromatic carbocycles. The number of carbonyl (C=O) groups is 1. The van der Waals surface area contributed by atoms with E-state index in [2.05, 4.69) is 5.32 Å². The zero-order chi connectivity index (χ0) is 15.2. The van der Waals surface area contributed by atoms with E-state index in [1.54, 1.807) is 0 Å². The topological polar surface area (TPSA) is 64.3 Å². The molecule has 0 fully saturated rings. The van der Waals surface area contributed by atoms with Crippen LogP contribution < -0.4 is 11.1 Å². The Bertz CT molecular complexity index is 610. The molecule has 4 nitrogen and oxygen atoms in total. The van der Waals surface area contributed by atoms with Gasteiger partial charge in [0.25, 0.3) is 0 Å². The van der Waals surface area contributed by atoms with Crippen LogP contribution in [0.4, 0.5) is 11.4 Å². The number of nitrogen functional groups attached to an aromatic ring is 1. The van der Waals surface area contributed by atoms with Crippen LogP contribution in [0.2, 0.25) is 10.0 Å². The summed E-state index contributed by atoms with van der Waals surface area (Å²) in [4.78, 5) is 11.8. The highest BCUT2D eigenvalue weighted by Crippen LogP contribution is 2.32. The highest BCUT2D eigenvalue weighted by atomic mass is 35.5. The molecule has 0 radical (unpaired) electrons. The van der Waals surface area contributed by atoms with Gasteiger partial charge in [-0.2, -0.15) is 0 Å². The molecule has 2 aromatic rings. The van der Waals surface area contributed by atoms with Crippen LogP contribution in [0.1, 0.15) is 5.56 Å². The summed E-state index contributed by atoms with van der Waals surface area (Å²) >= 11 is 12.0. The molecule has 0 aromatic heterocycles. The SMILES string of the molecule is Nc1cc(Cl)c(NC(=O)COCc2ccccc2)c(Cl)c1. The van der Waals surface area contributed by atoms with Gasteiger partial charge < -0.3 is 15.8 Å². The maximum Gasteiger partial charge on any atom is 0.250 e. The molecular formula is C15H14Cl2N2O2. The van der Waals surface area contributed by atoms with Gasteiger partial charge >= 0.3 is 0 Å². The molecule has 1 amide bonds. The number of rotatable bonds is 5. The molecule has 0 saturated carbocycles. The van der Waals surface area contributed by atoms with Crippen LogP contribution in [0.15, 0.2) is 42.5 Å². The van der Waals surface area contributed by atoms with Crippen LogP contribution in [0.3, 0.4) is 0 Å². The molecule has 3 N–H and O–H groups in total. The van der Waals surface area contributed by atoms with Gasteiger partial charge in [0, 0.05) is 5.69 Å². The third-order valence-electron chi connectivity index (χ3n) is 2.67. The van der Waals surface area contributed by atoms with E-state index in [9.17, 15) is 4.79 Å². The van der Waals surface area contributed by atoms with Crippen LogP contribution in [0.25, 0.3) is 0 Å². The molecular weight excluding hydrogens is 311 g/mol. The van der Waals surface area contributed by atoms with Crippen molar-refractivity contribution in [1.29, 1.82) is 0 Å². The van der Waals surface area contributed by atoms with Crippen molar-refractivity contribution < 1.29 is 9.53 Å². The summed E-state index contributed by atoms with van der Waals surface area (Å²) in [5.41, 5.74) is 7.36. The lowest BCUT2D eigenvalue weighted by Gasteiger charge is -2.10. The minimum Gasteiger partial charge on any atom is -0.399 e. The number of halogens is 2. The molecule has 0 atom stereocenters. The standard InChI is InChI=1S/C15H14Cl2N2O2/c16-12-6-11(18)7-13(17)15(12)19-14(20)9-21-8-10-4-2-1-3-5-10/h1-7H,8-9,18H2,(H,19,20). The monoisotopic (exact) mass is 324 g/mol. The van der Waals surface area contributed by atoms with E-state index >= 15 is 0 Å². The van der Waals surface area contributed by atoms with Crippen molar-refractivity contribution in [2.45, 2.75) is 6.61 Å². The Balaban J connectivity index is 1.88. The number of carbonyl (C=O) groups excluding carboxylic acids is 1. The van der Waals surface area contributed by atoms with Crippen molar-refractivity contribution in [2.24, 2.45) is 0 Å². The first-order chi connectivity index (χ1) is 10.1. The maximum atomic E-state index is 11.8. The van der Waals surface area contributed by atoms with Gasteiger partial charge in [-0.25, -0.2) is 0 Å². The fourth-order valence-corrected chi connectivity index (χ4v) is 2.32. The van der Waals surface area contributed by atoms with E-state index in [1.165, 1.54) is 12.1 Å². The number of nitrogens with two attached hydrogens (primary N) is 1. The Morgan fingerprint density at radius 2 is 1.76 bits per heavy atom. The first kappa shape index (κ1) is 15.6. The predicted octanol–water partition coefficient (Wildman–Crippen LogP) is 3.73. The number of nitrogens with one attached hydrogen (secondary N) is 1. The van der Waals surface area contributed by atoms with Gasteiger partial charge in [-0.1, -0.05) is 53.5 Å². The Hall–Kier alpha value is -1.75. The third-order valence-corrected chi connectivity index (χ3v) is 3.27. The fraction of sp³-hybridized carbons (Fsp3) is 0.133. The van der Waals surface area contributed by atoms with Crippen molar-refractivity contribution >= 4 is 40.5 Å². The molecule has 0 aliphatic rings. The number of hydrogen-bond acceptors (Lipinski definition) is 3. The zero-order valence-corrected chi connectivity index (χ0v) is 12.6. The minimum absolute atomic E-state index is 0.0913. The van der Waals surface area contributed by atoms with Crippen LogP contribution in [-0.2, 0) is 16.1 Å². The van der Waals surface area contributed by atoms with E-state index in [1.807, 2.05) is 30.3 Å². The zero-order valence-electron chi connectivity index (χ0n) is 11.1. The van der Waals surface area contributed by atoms with Gasteiger partial charge in [0.15, 0.2) is 0 Å². The lowest BCUT2D eigenvalue weighted by atomic mass is 10.2. The Kier molecular flexibility index (Phi) is 5.44. The van der Waals surface area contributed by atoms with Crippen LogP contribution in [-0.4, -0.2) is 12.5 Å². The number of ether oxygens (including phenoxy) is 1. The van der Waals surface area contributed by atoms with Crippen molar-refractivity contribution in [1.82, 2.24) is 0 Å². The molecule has 0 heterocycles. The number of anilines is 2. The van der Waals surface area contributed by atoms with Crippen LogP contribution >= 0.6 is 23.2 Å². The van der Waals surface area contributed by atoms with Crippen LogP contribution in [0, 0.1) is 0 Å². The molecule has 21 heavy (non-hydrogen) atoms. The largest absolute Gasteiger partial charge is 0.399 e. The summed E-state index contributed by atoms with van der Waals surface area (Å²) in [6.45, 7) is 0.267. The van der Waals surface area contributed by atoms with E-state index in [4.69, 9.17) is 33.7 Å². The fourth-order valence-electron chi connectivity index (χ4n) is 1.72. The van der Waals surface area contributed by atoms with E-state index in [0.717, 1.165) is 5.56 Å². The average molecular weight is 325 g/mol. The normalized spacial score (nSPS) is 10.4. The van der Waals surface area contributed by atoms with E-state index in [-0.39, 0.29) is 22.6 Å². The van der Waals surface area contributed by atoms with Gasteiger partial charge in [0.1, 0.15) is 6.61 Å². The summed E-state index contributed by atoms with van der Waals surface area (Å²) in [7, 11) is 0. The lowest BCUT2D eigenvalue weighted by Crippen LogP contribution is -2.18. The minimum atomic E-state index is -0.334. The quantitative estimate of drug-likeness (QED) is 0.823. The molecule has 0 spiro atoms.